The van der Waals surface area contributed by atoms with Gasteiger partial charge in [-0.15, -0.1) is 0 Å². The predicted octanol–water partition coefficient (Wildman–Crippen LogP) is 4.43. The molecule has 1 amide bonds. The fourth-order valence-electron chi connectivity index (χ4n) is 3.24. The first-order valence-electron chi connectivity index (χ1n) is 12.2. The summed E-state index contributed by atoms with van der Waals surface area (Å²) in [5.74, 6) is 1.42. The van der Waals surface area contributed by atoms with Crippen molar-refractivity contribution in [1.29, 1.82) is 0 Å². The number of methoxy groups -OCH3 is 2. The Bertz CT molecular complexity index is 926. The van der Waals surface area contributed by atoms with Crippen LogP contribution in [0.15, 0.2) is 59.7 Å². The molecule has 6 N–H and O–H groups in total. The fourth-order valence-corrected chi connectivity index (χ4v) is 3.24. The van der Waals surface area contributed by atoms with Crippen LogP contribution in [0.5, 0.6) is 5.75 Å². The number of benzene rings is 2. The van der Waals surface area contributed by atoms with Gasteiger partial charge >= 0.3 is 5.97 Å². The third-order valence-corrected chi connectivity index (χ3v) is 5.01. The molecule has 0 bridgehead atoms. The number of amides is 1. The maximum atomic E-state index is 11.2. The van der Waals surface area contributed by atoms with Gasteiger partial charge in [0, 0.05) is 12.1 Å². The molecule has 0 spiro atoms. The number of hydrogen-bond acceptors (Lipinski definition) is 6. The third-order valence-electron chi connectivity index (χ3n) is 5.01. The first-order valence-corrected chi connectivity index (χ1v) is 12.2. The summed E-state index contributed by atoms with van der Waals surface area (Å²) < 4.78 is 9.92. The SMILES string of the molecule is C=C(Cc1ccc(OC)c(CC)c1)N=CN.CN.COC(=O)c1ccc(CCCC(C)C)cc1.NC=O. The molecule has 0 radical (unpaired) electrons. The molecule has 0 heterocycles. The van der Waals surface area contributed by atoms with Crippen LogP contribution in [0.4, 0.5) is 0 Å². The van der Waals surface area contributed by atoms with Crippen molar-refractivity contribution in [2.24, 2.45) is 28.1 Å². The Labute approximate surface area is 222 Å². The summed E-state index contributed by atoms with van der Waals surface area (Å²) in [6.07, 6.45) is 6.72. The highest BCUT2D eigenvalue weighted by molar-refractivity contribution is 5.89. The van der Waals surface area contributed by atoms with Crippen LogP contribution in [-0.2, 0) is 28.8 Å². The van der Waals surface area contributed by atoms with Crippen molar-refractivity contribution < 1.29 is 19.1 Å². The fraction of sp³-hybridized carbons (Fsp3) is 0.414. The number of primary amides is 1. The molecule has 0 saturated heterocycles. The number of carbonyl (C=O) groups is 2. The van der Waals surface area contributed by atoms with Crippen LogP contribution in [0, 0.1) is 5.92 Å². The highest BCUT2D eigenvalue weighted by Crippen LogP contribution is 2.21. The van der Waals surface area contributed by atoms with Crippen LogP contribution < -0.4 is 21.9 Å². The monoisotopic (exact) mass is 514 g/mol. The van der Waals surface area contributed by atoms with Gasteiger partial charge in [0.15, 0.2) is 0 Å². The molecule has 2 rings (SSSR count). The number of nitrogens with two attached hydrogens (primary N) is 3. The van der Waals surface area contributed by atoms with E-state index in [0.29, 0.717) is 12.0 Å². The Morgan fingerprint density at radius 2 is 1.62 bits per heavy atom. The number of aliphatic imine (C=N–C) groups is 1. The zero-order chi connectivity index (χ0) is 28.6. The van der Waals surface area contributed by atoms with E-state index in [-0.39, 0.29) is 12.4 Å². The van der Waals surface area contributed by atoms with Gasteiger partial charge in [-0.25, -0.2) is 9.79 Å². The predicted molar refractivity (Wildman–Crippen MR) is 154 cm³/mol. The van der Waals surface area contributed by atoms with E-state index in [1.165, 1.54) is 50.0 Å². The molecule has 0 saturated carbocycles. The maximum Gasteiger partial charge on any atom is 0.337 e. The number of rotatable bonds is 10. The van der Waals surface area contributed by atoms with Crippen LogP contribution in [0.2, 0.25) is 0 Å². The highest BCUT2D eigenvalue weighted by atomic mass is 16.5. The summed E-state index contributed by atoms with van der Waals surface area (Å²) >= 11 is 0. The number of carbonyl (C=O) groups excluding carboxylic acids is 2. The molecule has 0 aliphatic carbocycles. The van der Waals surface area contributed by atoms with Gasteiger partial charge in [-0.3, -0.25) is 4.79 Å². The molecular formula is C29H46N4O4. The summed E-state index contributed by atoms with van der Waals surface area (Å²) in [6.45, 7) is 10.4. The number of hydrogen-bond donors (Lipinski definition) is 3. The average molecular weight is 515 g/mol. The lowest BCUT2D eigenvalue weighted by Gasteiger charge is -2.09. The summed E-state index contributed by atoms with van der Waals surface area (Å²) in [6, 6.07) is 13.8. The molecule has 0 fully saturated rings. The minimum atomic E-state index is -0.270. The van der Waals surface area contributed by atoms with Crippen molar-refractivity contribution in [3.8, 4) is 5.75 Å². The van der Waals surface area contributed by atoms with E-state index in [1.54, 1.807) is 7.11 Å². The lowest BCUT2D eigenvalue weighted by molar-refractivity contribution is -0.106. The second kappa shape index (κ2) is 22.8. The van der Waals surface area contributed by atoms with Crippen molar-refractivity contribution in [2.75, 3.05) is 21.3 Å². The van der Waals surface area contributed by atoms with Crippen molar-refractivity contribution >= 4 is 18.7 Å². The molecule has 0 aromatic heterocycles. The molecule has 206 valence electrons. The highest BCUT2D eigenvalue weighted by Gasteiger charge is 2.05. The van der Waals surface area contributed by atoms with E-state index in [1.807, 2.05) is 36.4 Å². The van der Waals surface area contributed by atoms with Gasteiger partial charge in [-0.2, -0.15) is 0 Å². The van der Waals surface area contributed by atoms with Gasteiger partial charge in [-0.1, -0.05) is 58.0 Å². The molecule has 0 unspecified atom stereocenters. The van der Waals surface area contributed by atoms with E-state index in [9.17, 15) is 4.79 Å². The molecule has 2 aromatic carbocycles. The second-order valence-electron chi connectivity index (χ2n) is 8.13. The average Bonchev–Trinajstić information content (AvgIpc) is 2.90. The van der Waals surface area contributed by atoms with Crippen LogP contribution in [0.1, 0.15) is 60.7 Å². The molecule has 2 aromatic rings. The molecular weight excluding hydrogens is 468 g/mol. The standard InChI is InChI=1S/C14H20O2.C13H18N2O.CH3NO.CH5N/c1-11(2)5-4-6-12-7-9-13(10-8-12)14(15)16-3;1-4-12-8-11(5-6-13(12)16-3)7-10(2)15-9-14;2-1-3;1-2/h7-11H,4-6H2,1-3H3;5-6,8-9H,2,4,7H2,1,3H3,(H2,14,15);1H,(H2,2,3);2H2,1H3. The first kappa shape index (κ1) is 35.5. The topological polar surface area (TPSA) is 143 Å². The number of nitrogens with zero attached hydrogens (tertiary/aromatic N) is 1. The molecule has 8 nitrogen and oxygen atoms in total. The van der Waals surface area contributed by atoms with E-state index >= 15 is 0 Å². The number of aryl methyl sites for hydroxylation is 2. The van der Waals surface area contributed by atoms with Crippen molar-refractivity contribution in [1.82, 2.24) is 0 Å². The van der Waals surface area contributed by atoms with Crippen LogP contribution in [0.3, 0.4) is 0 Å². The summed E-state index contributed by atoms with van der Waals surface area (Å²) in [5, 5.41) is 0. The third kappa shape index (κ3) is 16.6. The van der Waals surface area contributed by atoms with Crippen molar-refractivity contribution in [3.63, 3.8) is 0 Å². The van der Waals surface area contributed by atoms with E-state index in [2.05, 4.69) is 54.6 Å². The van der Waals surface area contributed by atoms with Crippen molar-refractivity contribution in [3.05, 3.63) is 77.0 Å². The van der Waals surface area contributed by atoms with Gasteiger partial charge in [0.25, 0.3) is 0 Å². The Balaban J connectivity index is 0. The maximum absolute atomic E-state index is 11.2. The van der Waals surface area contributed by atoms with Crippen LogP contribution >= 0.6 is 0 Å². The van der Waals surface area contributed by atoms with E-state index < -0.39 is 0 Å². The first-order chi connectivity index (χ1) is 17.8. The summed E-state index contributed by atoms with van der Waals surface area (Å²) in [5.41, 5.74) is 18.9. The quantitative estimate of drug-likeness (QED) is 0.185. The van der Waals surface area contributed by atoms with E-state index in [4.69, 9.17) is 15.3 Å². The normalized spacial score (nSPS) is 9.62. The zero-order valence-electron chi connectivity index (χ0n) is 23.3. The van der Waals surface area contributed by atoms with E-state index in [0.717, 1.165) is 30.2 Å². The second-order valence-corrected chi connectivity index (χ2v) is 8.13. The smallest absolute Gasteiger partial charge is 0.337 e. The van der Waals surface area contributed by atoms with Crippen LogP contribution in [-0.4, -0.2) is 40.0 Å². The molecule has 8 heteroatoms. The van der Waals surface area contributed by atoms with Gasteiger partial charge in [0.2, 0.25) is 6.41 Å². The lowest BCUT2D eigenvalue weighted by atomic mass is 10.0. The number of esters is 1. The Morgan fingerprint density at radius 1 is 1.05 bits per heavy atom. The Morgan fingerprint density at radius 3 is 2.08 bits per heavy atom. The van der Waals surface area contributed by atoms with Gasteiger partial charge < -0.3 is 26.7 Å². The largest absolute Gasteiger partial charge is 0.496 e. The Kier molecular flexibility index (Phi) is 21.9. The van der Waals surface area contributed by atoms with Gasteiger partial charge in [0.05, 0.1) is 26.1 Å². The van der Waals surface area contributed by atoms with Crippen molar-refractivity contribution in [2.45, 2.75) is 52.9 Å². The number of ether oxygens (including phenoxy) is 2. The zero-order valence-corrected chi connectivity index (χ0v) is 23.3. The van der Waals surface area contributed by atoms with Gasteiger partial charge in [0.1, 0.15) is 5.75 Å². The minimum absolute atomic E-state index is 0.250. The number of allylic oxidation sites excluding steroid dienone is 1. The summed E-state index contributed by atoms with van der Waals surface area (Å²) in [7, 11) is 4.59. The lowest BCUT2D eigenvalue weighted by Crippen LogP contribution is -2.01. The molecule has 37 heavy (non-hydrogen) atoms. The minimum Gasteiger partial charge on any atom is -0.496 e. The Hall–Kier alpha value is -3.65. The molecule has 0 atom stereocenters. The molecule has 0 aliphatic rings. The summed E-state index contributed by atoms with van der Waals surface area (Å²) in [4.78, 5) is 23.7. The van der Waals surface area contributed by atoms with Crippen LogP contribution in [0.25, 0.3) is 0 Å². The molecule has 0 aliphatic heterocycles. The van der Waals surface area contributed by atoms with Gasteiger partial charge in [-0.05, 0) is 67.1 Å².